The van der Waals surface area contributed by atoms with Gasteiger partial charge < -0.3 is 18.5 Å². The molecule has 2 aromatic rings. The maximum absolute atomic E-state index is 13.4. The molecule has 0 aliphatic carbocycles. The minimum absolute atomic E-state index is 0.0962. The molecule has 26 heavy (non-hydrogen) atoms. The molecular weight excluding hydrogens is 353 g/mol. The van der Waals surface area contributed by atoms with E-state index >= 15 is 0 Å². The van der Waals surface area contributed by atoms with E-state index in [0.717, 1.165) is 5.56 Å². The molecule has 3 rings (SSSR count). The largest absolute Gasteiger partial charge is 0.513 e. The highest BCUT2D eigenvalue weighted by Crippen LogP contribution is 2.49. The van der Waals surface area contributed by atoms with Crippen LogP contribution >= 0.6 is 7.75 Å². The highest BCUT2D eigenvalue weighted by Gasteiger charge is 2.32. The highest BCUT2D eigenvalue weighted by atomic mass is 31.2. The van der Waals surface area contributed by atoms with Crippen LogP contribution in [0.15, 0.2) is 42.5 Å². The van der Waals surface area contributed by atoms with Crippen molar-refractivity contribution in [2.24, 2.45) is 0 Å². The van der Waals surface area contributed by atoms with Crippen LogP contribution in [0.3, 0.4) is 0 Å². The van der Waals surface area contributed by atoms with Crippen molar-refractivity contribution in [1.82, 2.24) is 5.09 Å². The zero-order valence-corrected chi connectivity index (χ0v) is 16.3. The summed E-state index contributed by atoms with van der Waals surface area (Å²) in [5.74, 6) is 2.30. The number of para-hydroxylation sites is 1. The van der Waals surface area contributed by atoms with Gasteiger partial charge in [0.15, 0.2) is 11.5 Å². The van der Waals surface area contributed by atoms with E-state index in [9.17, 15) is 4.57 Å². The van der Waals surface area contributed by atoms with Crippen LogP contribution in [0.5, 0.6) is 23.0 Å². The molecule has 0 fully saturated rings. The van der Waals surface area contributed by atoms with Crippen LogP contribution in [-0.2, 0) is 4.57 Å². The minimum Gasteiger partial charge on any atom is -0.454 e. The Morgan fingerprint density at radius 2 is 1.65 bits per heavy atom. The first kappa shape index (κ1) is 18.6. The average molecular weight is 377 g/mol. The fourth-order valence-corrected chi connectivity index (χ4v) is 4.20. The lowest BCUT2D eigenvalue weighted by molar-refractivity contribution is 0.174. The molecule has 0 spiro atoms. The molecule has 1 atom stereocenters. The first-order valence-electron chi connectivity index (χ1n) is 8.62. The third kappa shape index (κ3) is 4.32. The third-order valence-electron chi connectivity index (χ3n) is 3.73. The van der Waals surface area contributed by atoms with Gasteiger partial charge in [-0.1, -0.05) is 32.0 Å². The molecule has 0 saturated carbocycles. The van der Waals surface area contributed by atoms with Crippen LogP contribution in [0.25, 0.3) is 0 Å². The van der Waals surface area contributed by atoms with E-state index in [1.165, 1.54) is 0 Å². The molecule has 0 saturated heterocycles. The monoisotopic (exact) mass is 377 g/mol. The van der Waals surface area contributed by atoms with Gasteiger partial charge in [0.2, 0.25) is 6.79 Å². The van der Waals surface area contributed by atoms with Crippen molar-refractivity contribution in [2.45, 2.75) is 39.7 Å². The lowest BCUT2D eigenvalue weighted by Gasteiger charge is -2.24. The summed E-state index contributed by atoms with van der Waals surface area (Å²) in [6.45, 7) is 7.99. The first-order chi connectivity index (χ1) is 12.4. The zero-order chi connectivity index (χ0) is 18.7. The molecule has 140 valence electrons. The first-order valence-corrected chi connectivity index (χ1v) is 10.2. The van der Waals surface area contributed by atoms with Gasteiger partial charge >= 0.3 is 7.75 Å². The predicted octanol–water partition coefficient (Wildman–Crippen LogP) is 5.10. The molecule has 0 radical (unpaired) electrons. The summed E-state index contributed by atoms with van der Waals surface area (Å²) in [6.07, 6.45) is 0. The lowest BCUT2D eigenvalue weighted by atomic mass is 10.0. The maximum Gasteiger partial charge on any atom is 0.513 e. The number of benzene rings is 2. The van der Waals surface area contributed by atoms with E-state index in [4.69, 9.17) is 18.5 Å². The van der Waals surface area contributed by atoms with Gasteiger partial charge in [0.05, 0.1) is 0 Å². The Kier molecular flexibility index (Phi) is 5.44. The van der Waals surface area contributed by atoms with Crippen LogP contribution in [-0.4, -0.2) is 12.8 Å². The normalized spacial score (nSPS) is 15.2. The van der Waals surface area contributed by atoms with Crippen molar-refractivity contribution in [3.63, 3.8) is 0 Å². The van der Waals surface area contributed by atoms with Gasteiger partial charge in [-0.3, -0.25) is 0 Å². The average Bonchev–Trinajstić information content (AvgIpc) is 3.01. The van der Waals surface area contributed by atoms with Crippen LogP contribution in [0.2, 0.25) is 0 Å². The number of fused-ring (bicyclic) bond motifs is 1. The fourth-order valence-electron chi connectivity index (χ4n) is 2.61. The van der Waals surface area contributed by atoms with E-state index in [2.05, 4.69) is 5.09 Å². The predicted molar refractivity (Wildman–Crippen MR) is 100 cm³/mol. The molecule has 0 aromatic heterocycles. The second-order valence-electron chi connectivity index (χ2n) is 6.67. The second kappa shape index (κ2) is 7.60. The molecule has 7 heteroatoms. The van der Waals surface area contributed by atoms with Gasteiger partial charge in [0, 0.05) is 17.7 Å². The molecule has 1 aliphatic rings. The summed E-state index contributed by atoms with van der Waals surface area (Å²) >= 11 is 0. The van der Waals surface area contributed by atoms with Crippen LogP contribution < -0.4 is 23.6 Å². The fraction of sp³-hybridized carbons (Fsp3) is 0.368. The molecule has 0 bridgehead atoms. The molecule has 1 unspecified atom stereocenters. The SMILES string of the molecule is CC(C)NP(=O)(Oc1ccccc1)Oc1cc2c(cc1C(C)C)OCO2. The van der Waals surface area contributed by atoms with E-state index in [0.29, 0.717) is 23.0 Å². The van der Waals surface area contributed by atoms with Crippen molar-refractivity contribution in [2.75, 3.05) is 6.79 Å². The molecule has 2 aromatic carbocycles. The van der Waals surface area contributed by atoms with E-state index < -0.39 is 7.75 Å². The van der Waals surface area contributed by atoms with Crippen molar-refractivity contribution in [3.05, 3.63) is 48.0 Å². The van der Waals surface area contributed by atoms with E-state index in [-0.39, 0.29) is 18.8 Å². The highest BCUT2D eigenvalue weighted by molar-refractivity contribution is 7.52. The lowest BCUT2D eigenvalue weighted by Crippen LogP contribution is -2.25. The van der Waals surface area contributed by atoms with Crippen LogP contribution in [0.1, 0.15) is 39.2 Å². The van der Waals surface area contributed by atoms with Gasteiger partial charge in [-0.15, -0.1) is 0 Å². The van der Waals surface area contributed by atoms with Crippen LogP contribution in [0.4, 0.5) is 0 Å². The Morgan fingerprint density at radius 3 is 2.27 bits per heavy atom. The minimum atomic E-state index is -3.66. The number of nitrogens with one attached hydrogen (secondary N) is 1. The molecule has 0 amide bonds. The smallest absolute Gasteiger partial charge is 0.454 e. The van der Waals surface area contributed by atoms with E-state index in [1.807, 2.05) is 52.0 Å². The van der Waals surface area contributed by atoms with Gasteiger partial charge in [-0.05, 0) is 38.0 Å². The molecule has 1 aliphatic heterocycles. The van der Waals surface area contributed by atoms with Crippen molar-refractivity contribution in [3.8, 4) is 23.0 Å². The van der Waals surface area contributed by atoms with Gasteiger partial charge in [0.1, 0.15) is 11.5 Å². The summed E-state index contributed by atoms with van der Waals surface area (Å²) in [5, 5.41) is 2.93. The second-order valence-corrected chi connectivity index (χ2v) is 8.29. The summed E-state index contributed by atoms with van der Waals surface area (Å²) in [7, 11) is -3.66. The summed E-state index contributed by atoms with van der Waals surface area (Å²) in [4.78, 5) is 0. The number of rotatable bonds is 7. The molecule has 1 N–H and O–H groups in total. The standard InChI is InChI=1S/C19H24NO5P/c1-13(2)16-10-18-19(23-12-22-18)11-17(16)25-26(21,20-14(3)4)24-15-8-6-5-7-9-15/h5-11,13-14H,12H2,1-4H3,(H,20,21). The summed E-state index contributed by atoms with van der Waals surface area (Å²) in [5.41, 5.74) is 0.872. The van der Waals surface area contributed by atoms with E-state index in [1.54, 1.807) is 18.2 Å². The Labute approximate surface area is 154 Å². The van der Waals surface area contributed by atoms with Gasteiger partial charge in [-0.2, -0.15) is 5.09 Å². The molecule has 1 heterocycles. The summed E-state index contributed by atoms with van der Waals surface area (Å²) < 4.78 is 35.9. The Bertz CT molecular complexity index is 807. The summed E-state index contributed by atoms with van der Waals surface area (Å²) in [6, 6.07) is 12.4. The van der Waals surface area contributed by atoms with Crippen LogP contribution in [0, 0.1) is 0 Å². The molecule has 6 nitrogen and oxygen atoms in total. The van der Waals surface area contributed by atoms with Gasteiger partial charge in [0.25, 0.3) is 0 Å². The van der Waals surface area contributed by atoms with Crippen molar-refractivity contribution < 1.29 is 23.1 Å². The van der Waals surface area contributed by atoms with Crippen molar-refractivity contribution >= 4 is 7.75 Å². The van der Waals surface area contributed by atoms with Gasteiger partial charge in [-0.25, -0.2) is 4.57 Å². The zero-order valence-electron chi connectivity index (χ0n) is 15.4. The third-order valence-corrected chi connectivity index (χ3v) is 5.45. The molecular formula is C19H24NO5P. The number of ether oxygens (including phenoxy) is 2. The Hall–Kier alpha value is -2.17. The topological polar surface area (TPSA) is 66.0 Å². The quantitative estimate of drug-likeness (QED) is 0.677. The Balaban J connectivity index is 1.95. The number of hydrogen-bond donors (Lipinski definition) is 1. The van der Waals surface area contributed by atoms with Crippen molar-refractivity contribution in [1.29, 1.82) is 0 Å². The maximum atomic E-state index is 13.4. The number of hydrogen-bond acceptors (Lipinski definition) is 5. The Morgan fingerprint density at radius 1 is 1.00 bits per heavy atom.